The van der Waals surface area contributed by atoms with Crippen molar-refractivity contribution in [1.29, 1.82) is 0 Å². The molecule has 9 heteroatoms. The van der Waals surface area contributed by atoms with Crippen molar-refractivity contribution in [2.24, 2.45) is 5.92 Å². The number of rotatable bonds is 7. The number of carbonyl (C=O) groups is 3. The van der Waals surface area contributed by atoms with Gasteiger partial charge in [0.1, 0.15) is 11.2 Å². The zero-order valence-corrected chi connectivity index (χ0v) is 22.2. The van der Waals surface area contributed by atoms with Crippen molar-refractivity contribution in [3.8, 4) is 0 Å². The molecule has 0 radical (unpaired) electrons. The van der Waals surface area contributed by atoms with Crippen molar-refractivity contribution in [3.05, 3.63) is 24.3 Å². The lowest BCUT2D eigenvalue weighted by atomic mass is 9.87. The Morgan fingerprint density at radius 3 is 2.09 bits per heavy atom. The van der Waals surface area contributed by atoms with Crippen LogP contribution in [0.3, 0.4) is 0 Å². The molecule has 1 N–H and O–H groups in total. The van der Waals surface area contributed by atoms with Gasteiger partial charge in [-0.3, -0.25) is 0 Å². The molecule has 1 heterocycles. The Kier molecular flexibility index (Phi) is 9.52. The molecule has 0 spiro atoms. The summed E-state index contributed by atoms with van der Waals surface area (Å²) in [4.78, 5) is 42.4. The van der Waals surface area contributed by atoms with E-state index in [4.69, 9.17) is 9.47 Å². The van der Waals surface area contributed by atoms with E-state index >= 15 is 0 Å². The SMILES string of the molecule is CC1CCC(n2cnc(C(=CCCCN(C(=O)OC(C)(C)C)C(=O)OC(C)(C)C)C(=O)O)c2)CC1. The first-order valence-corrected chi connectivity index (χ1v) is 12.4. The summed E-state index contributed by atoms with van der Waals surface area (Å²) in [6.45, 7) is 12.6. The third-order valence-electron chi connectivity index (χ3n) is 5.68. The molecule has 35 heavy (non-hydrogen) atoms. The quantitative estimate of drug-likeness (QED) is 0.365. The number of carbonyl (C=O) groups excluding carboxylic acids is 2. The zero-order chi connectivity index (χ0) is 26.4. The van der Waals surface area contributed by atoms with E-state index < -0.39 is 29.4 Å². The van der Waals surface area contributed by atoms with Gasteiger partial charge in [-0.15, -0.1) is 0 Å². The first-order valence-electron chi connectivity index (χ1n) is 12.4. The highest BCUT2D eigenvalue weighted by Crippen LogP contribution is 2.32. The largest absolute Gasteiger partial charge is 0.478 e. The number of aliphatic carboxylic acids is 1. The summed E-state index contributed by atoms with van der Waals surface area (Å²) in [5, 5.41) is 9.74. The van der Waals surface area contributed by atoms with E-state index in [-0.39, 0.29) is 12.1 Å². The van der Waals surface area contributed by atoms with Crippen molar-refractivity contribution >= 4 is 23.7 Å². The van der Waals surface area contributed by atoms with E-state index in [1.54, 1.807) is 60.1 Å². The summed E-state index contributed by atoms with van der Waals surface area (Å²) in [5.74, 6) is -0.340. The van der Waals surface area contributed by atoms with Crippen LogP contribution in [0.5, 0.6) is 0 Å². The second-order valence-corrected chi connectivity index (χ2v) is 11.3. The van der Waals surface area contributed by atoms with Gasteiger partial charge in [-0.2, -0.15) is 0 Å². The second-order valence-electron chi connectivity index (χ2n) is 11.3. The Labute approximate surface area is 208 Å². The van der Waals surface area contributed by atoms with Gasteiger partial charge in [0.2, 0.25) is 0 Å². The molecular weight excluding hydrogens is 450 g/mol. The maximum absolute atomic E-state index is 12.6. The molecule has 1 aromatic rings. The predicted molar refractivity (Wildman–Crippen MR) is 133 cm³/mol. The molecule has 0 aromatic carbocycles. The summed E-state index contributed by atoms with van der Waals surface area (Å²) in [6, 6.07) is 0.346. The molecule has 9 nitrogen and oxygen atoms in total. The fourth-order valence-corrected chi connectivity index (χ4v) is 3.90. The lowest BCUT2D eigenvalue weighted by molar-refractivity contribution is -0.130. The minimum Gasteiger partial charge on any atom is -0.478 e. The van der Waals surface area contributed by atoms with Crippen molar-refractivity contribution < 1.29 is 29.0 Å². The number of carboxylic acid groups (broad SMARTS) is 1. The van der Waals surface area contributed by atoms with Crippen LogP contribution in [0, 0.1) is 5.92 Å². The molecule has 1 aliphatic rings. The molecule has 0 bridgehead atoms. The number of imide groups is 1. The Morgan fingerprint density at radius 1 is 1.06 bits per heavy atom. The van der Waals surface area contributed by atoms with Gasteiger partial charge in [-0.25, -0.2) is 24.3 Å². The molecule has 1 aromatic heterocycles. The Bertz CT molecular complexity index is 886. The summed E-state index contributed by atoms with van der Waals surface area (Å²) >= 11 is 0. The highest BCUT2D eigenvalue weighted by molar-refractivity contribution is 6.14. The van der Waals surface area contributed by atoms with E-state index in [0.717, 1.165) is 36.5 Å². The maximum Gasteiger partial charge on any atom is 0.419 e. The summed E-state index contributed by atoms with van der Waals surface area (Å²) < 4.78 is 12.7. The zero-order valence-electron chi connectivity index (χ0n) is 22.2. The van der Waals surface area contributed by atoms with Crippen LogP contribution in [0.25, 0.3) is 5.57 Å². The topological polar surface area (TPSA) is 111 Å². The van der Waals surface area contributed by atoms with Crippen LogP contribution in [0.15, 0.2) is 18.6 Å². The standard InChI is InChI=1S/C26H41N3O6/c1-18-11-13-19(14-12-18)28-16-21(27-17-28)20(22(30)31)10-8-9-15-29(23(32)34-25(2,3)4)24(33)35-26(5,6)7/h10,16-19H,8-9,11-15H2,1-7H3,(H,30,31). The Morgan fingerprint density at radius 2 is 1.60 bits per heavy atom. The molecule has 196 valence electrons. The van der Waals surface area contributed by atoms with E-state index in [1.807, 2.05) is 4.57 Å². The molecule has 2 amide bonds. The van der Waals surface area contributed by atoms with Crippen LogP contribution in [-0.2, 0) is 14.3 Å². The van der Waals surface area contributed by atoms with Crippen LogP contribution in [0.1, 0.15) is 98.7 Å². The smallest absolute Gasteiger partial charge is 0.419 e. The summed E-state index contributed by atoms with van der Waals surface area (Å²) in [7, 11) is 0. The van der Waals surface area contributed by atoms with E-state index in [2.05, 4.69) is 11.9 Å². The van der Waals surface area contributed by atoms with E-state index in [1.165, 1.54) is 0 Å². The van der Waals surface area contributed by atoms with Gasteiger partial charge in [0.15, 0.2) is 0 Å². The van der Waals surface area contributed by atoms with Crippen molar-refractivity contribution in [1.82, 2.24) is 14.5 Å². The van der Waals surface area contributed by atoms with E-state index in [9.17, 15) is 19.5 Å². The average Bonchev–Trinajstić information content (AvgIpc) is 3.17. The molecule has 0 saturated heterocycles. The first-order chi connectivity index (χ1) is 16.2. The van der Waals surface area contributed by atoms with Crippen LogP contribution in [0.2, 0.25) is 0 Å². The first kappa shape index (κ1) is 28.4. The average molecular weight is 492 g/mol. The third-order valence-corrected chi connectivity index (χ3v) is 5.68. The minimum absolute atomic E-state index is 0.0297. The van der Waals surface area contributed by atoms with E-state index in [0.29, 0.717) is 24.6 Å². The van der Waals surface area contributed by atoms with Crippen LogP contribution >= 0.6 is 0 Å². The number of hydrogen-bond donors (Lipinski definition) is 1. The monoisotopic (exact) mass is 491 g/mol. The number of carboxylic acids is 1. The minimum atomic E-state index is -1.07. The summed E-state index contributed by atoms with van der Waals surface area (Å²) in [6.07, 6.45) is 8.62. The van der Waals surface area contributed by atoms with Gasteiger partial charge in [0, 0.05) is 18.8 Å². The van der Waals surface area contributed by atoms with Gasteiger partial charge in [0.05, 0.1) is 17.6 Å². The number of allylic oxidation sites excluding steroid dienone is 1. The summed E-state index contributed by atoms with van der Waals surface area (Å²) in [5.41, 5.74) is -1.03. The number of imidazole rings is 1. The van der Waals surface area contributed by atoms with Gasteiger partial charge < -0.3 is 19.1 Å². The second kappa shape index (κ2) is 11.7. The number of hydrogen-bond acceptors (Lipinski definition) is 6. The third kappa shape index (κ3) is 9.38. The fraction of sp³-hybridized carbons (Fsp3) is 0.692. The van der Waals surface area contributed by atoms with Gasteiger partial charge in [-0.05, 0) is 86.0 Å². The lowest BCUT2D eigenvalue weighted by Gasteiger charge is -2.28. The number of aromatic nitrogens is 2. The molecule has 1 saturated carbocycles. The highest BCUT2D eigenvalue weighted by Gasteiger charge is 2.30. The number of nitrogens with zero attached hydrogens (tertiary/aromatic N) is 3. The number of amides is 2. The molecule has 0 aliphatic heterocycles. The number of ether oxygens (including phenoxy) is 2. The maximum atomic E-state index is 12.6. The number of unbranched alkanes of at least 4 members (excludes halogenated alkanes) is 1. The molecular formula is C26H41N3O6. The van der Waals surface area contributed by atoms with Gasteiger partial charge in [-0.1, -0.05) is 13.0 Å². The van der Waals surface area contributed by atoms with Gasteiger partial charge >= 0.3 is 18.2 Å². The predicted octanol–water partition coefficient (Wildman–Crippen LogP) is 6.05. The highest BCUT2D eigenvalue weighted by atomic mass is 16.6. The molecule has 2 rings (SSSR count). The van der Waals surface area contributed by atoms with Crippen LogP contribution in [0.4, 0.5) is 9.59 Å². The van der Waals surface area contributed by atoms with Crippen LogP contribution < -0.4 is 0 Å². The molecule has 1 fully saturated rings. The normalized spacial score (nSPS) is 19.2. The van der Waals surface area contributed by atoms with Crippen LogP contribution in [-0.4, -0.2) is 55.5 Å². The molecule has 1 aliphatic carbocycles. The van der Waals surface area contributed by atoms with Crippen molar-refractivity contribution in [3.63, 3.8) is 0 Å². The molecule has 0 atom stereocenters. The lowest BCUT2D eigenvalue weighted by Crippen LogP contribution is -2.44. The van der Waals surface area contributed by atoms with Gasteiger partial charge in [0.25, 0.3) is 0 Å². The fourth-order valence-electron chi connectivity index (χ4n) is 3.90. The Balaban J connectivity index is 2.07. The molecule has 0 unspecified atom stereocenters. The van der Waals surface area contributed by atoms with Crippen molar-refractivity contribution in [2.45, 2.75) is 104 Å². The Hall–Kier alpha value is -2.84. The van der Waals surface area contributed by atoms with Crippen molar-refractivity contribution in [2.75, 3.05) is 6.54 Å².